The SMILES string of the molecule is CC(=O)c1ccc(C(c2ccccc2)N2C[C@@H](C)N(Cc3cccc(F)c3)C[C@@H]2C)cc1. The van der Waals surface area contributed by atoms with Crippen molar-refractivity contribution in [1.82, 2.24) is 9.80 Å². The molecule has 1 saturated heterocycles. The molecule has 0 amide bonds. The Morgan fingerprint density at radius 3 is 2.25 bits per heavy atom. The van der Waals surface area contributed by atoms with Gasteiger partial charge in [0.1, 0.15) is 5.82 Å². The number of ketones is 1. The van der Waals surface area contributed by atoms with Crippen LogP contribution in [0.3, 0.4) is 0 Å². The van der Waals surface area contributed by atoms with E-state index in [1.54, 1.807) is 19.1 Å². The van der Waals surface area contributed by atoms with Gasteiger partial charge in [-0.1, -0.05) is 66.7 Å². The zero-order valence-electron chi connectivity index (χ0n) is 19.0. The van der Waals surface area contributed by atoms with Gasteiger partial charge in [0.15, 0.2) is 5.78 Å². The molecule has 0 saturated carbocycles. The third kappa shape index (κ3) is 4.98. The van der Waals surface area contributed by atoms with Crippen LogP contribution in [-0.2, 0) is 6.54 Å². The van der Waals surface area contributed by atoms with Crippen LogP contribution in [0.5, 0.6) is 0 Å². The monoisotopic (exact) mass is 430 g/mol. The summed E-state index contributed by atoms with van der Waals surface area (Å²) in [7, 11) is 0. The van der Waals surface area contributed by atoms with Crippen molar-refractivity contribution in [3.8, 4) is 0 Å². The summed E-state index contributed by atoms with van der Waals surface area (Å²) in [6.07, 6.45) is 0. The Morgan fingerprint density at radius 2 is 1.59 bits per heavy atom. The summed E-state index contributed by atoms with van der Waals surface area (Å²) in [5, 5.41) is 0. The molecule has 0 radical (unpaired) electrons. The van der Waals surface area contributed by atoms with Crippen LogP contribution >= 0.6 is 0 Å². The second kappa shape index (κ2) is 9.76. The topological polar surface area (TPSA) is 23.6 Å². The largest absolute Gasteiger partial charge is 0.295 e. The number of hydrogen-bond donors (Lipinski definition) is 0. The maximum Gasteiger partial charge on any atom is 0.159 e. The van der Waals surface area contributed by atoms with E-state index in [0.717, 1.165) is 30.8 Å². The first-order valence-electron chi connectivity index (χ1n) is 11.3. The molecule has 0 aliphatic carbocycles. The molecule has 0 N–H and O–H groups in total. The molecule has 4 heteroatoms. The summed E-state index contributed by atoms with van der Waals surface area (Å²) in [4.78, 5) is 16.8. The Hall–Kier alpha value is -2.82. The van der Waals surface area contributed by atoms with Crippen LogP contribution in [0.15, 0.2) is 78.9 Å². The van der Waals surface area contributed by atoms with Gasteiger partial charge in [-0.3, -0.25) is 14.6 Å². The summed E-state index contributed by atoms with van der Waals surface area (Å²) in [6, 6.07) is 26.3. The second-order valence-corrected chi connectivity index (χ2v) is 8.95. The summed E-state index contributed by atoms with van der Waals surface area (Å²) in [6.45, 7) is 8.69. The van der Waals surface area contributed by atoms with Crippen LogP contribution < -0.4 is 0 Å². The molecule has 1 aliphatic rings. The lowest BCUT2D eigenvalue weighted by Gasteiger charge is -2.47. The zero-order valence-corrected chi connectivity index (χ0v) is 19.0. The van der Waals surface area contributed by atoms with E-state index in [0.29, 0.717) is 12.1 Å². The number of halogens is 1. The fourth-order valence-electron chi connectivity index (χ4n) is 4.79. The van der Waals surface area contributed by atoms with Crippen molar-refractivity contribution in [2.24, 2.45) is 0 Å². The van der Waals surface area contributed by atoms with Gasteiger partial charge in [0.25, 0.3) is 0 Å². The smallest absolute Gasteiger partial charge is 0.159 e. The highest BCUT2D eigenvalue weighted by Crippen LogP contribution is 2.33. The Kier molecular flexibility index (Phi) is 6.83. The lowest BCUT2D eigenvalue weighted by atomic mass is 9.92. The minimum atomic E-state index is -0.181. The van der Waals surface area contributed by atoms with Gasteiger partial charge < -0.3 is 0 Å². The van der Waals surface area contributed by atoms with Gasteiger partial charge in [-0.2, -0.15) is 0 Å². The molecule has 1 aliphatic heterocycles. The second-order valence-electron chi connectivity index (χ2n) is 8.95. The van der Waals surface area contributed by atoms with E-state index >= 15 is 0 Å². The van der Waals surface area contributed by atoms with Crippen molar-refractivity contribution in [3.63, 3.8) is 0 Å². The predicted octanol–water partition coefficient (Wildman–Crippen LogP) is 5.71. The molecule has 0 spiro atoms. The number of piperazine rings is 1. The van der Waals surface area contributed by atoms with E-state index in [-0.39, 0.29) is 17.6 Å². The number of nitrogens with zero attached hydrogens (tertiary/aromatic N) is 2. The Balaban J connectivity index is 1.60. The van der Waals surface area contributed by atoms with Crippen LogP contribution in [0.4, 0.5) is 4.39 Å². The van der Waals surface area contributed by atoms with E-state index in [2.05, 4.69) is 60.0 Å². The van der Waals surface area contributed by atoms with Crippen LogP contribution in [0.1, 0.15) is 53.9 Å². The highest BCUT2D eigenvalue weighted by molar-refractivity contribution is 5.94. The van der Waals surface area contributed by atoms with Gasteiger partial charge in [0.05, 0.1) is 6.04 Å². The molecule has 166 valence electrons. The number of rotatable bonds is 6. The number of benzene rings is 3. The summed E-state index contributed by atoms with van der Waals surface area (Å²) < 4.78 is 13.7. The first-order valence-corrected chi connectivity index (χ1v) is 11.3. The highest BCUT2D eigenvalue weighted by Gasteiger charge is 2.34. The average Bonchev–Trinajstić information content (AvgIpc) is 2.78. The molecule has 0 bridgehead atoms. The van der Waals surface area contributed by atoms with E-state index in [9.17, 15) is 9.18 Å². The van der Waals surface area contributed by atoms with Crippen LogP contribution in [0, 0.1) is 5.82 Å². The van der Waals surface area contributed by atoms with Crippen molar-refractivity contribution in [1.29, 1.82) is 0 Å². The van der Waals surface area contributed by atoms with Gasteiger partial charge in [0.2, 0.25) is 0 Å². The van der Waals surface area contributed by atoms with Gasteiger partial charge in [0, 0.05) is 37.3 Å². The molecule has 4 rings (SSSR count). The van der Waals surface area contributed by atoms with Gasteiger partial charge in [-0.15, -0.1) is 0 Å². The minimum Gasteiger partial charge on any atom is -0.295 e. The number of carbonyl (C=O) groups is 1. The van der Waals surface area contributed by atoms with Gasteiger partial charge in [-0.05, 0) is 49.6 Å². The van der Waals surface area contributed by atoms with Crippen molar-refractivity contribution >= 4 is 5.78 Å². The number of carbonyl (C=O) groups excluding carboxylic acids is 1. The molecule has 3 nitrogen and oxygen atoms in total. The Bertz CT molecular complexity index is 1050. The van der Waals surface area contributed by atoms with Crippen LogP contribution in [0.2, 0.25) is 0 Å². The summed E-state index contributed by atoms with van der Waals surface area (Å²) in [5.41, 5.74) is 4.19. The van der Waals surface area contributed by atoms with Gasteiger partial charge in [-0.25, -0.2) is 4.39 Å². The van der Waals surface area contributed by atoms with Gasteiger partial charge >= 0.3 is 0 Å². The molecular formula is C28H31FN2O. The number of hydrogen-bond acceptors (Lipinski definition) is 3. The average molecular weight is 431 g/mol. The minimum absolute atomic E-state index is 0.0840. The maximum atomic E-state index is 13.7. The lowest BCUT2D eigenvalue weighted by molar-refractivity contribution is 0.0195. The summed E-state index contributed by atoms with van der Waals surface area (Å²) >= 11 is 0. The maximum absolute atomic E-state index is 13.7. The molecule has 3 aromatic carbocycles. The molecule has 32 heavy (non-hydrogen) atoms. The van der Waals surface area contributed by atoms with Crippen molar-refractivity contribution in [2.75, 3.05) is 13.1 Å². The first kappa shape index (κ1) is 22.4. The van der Waals surface area contributed by atoms with E-state index in [1.165, 1.54) is 17.2 Å². The van der Waals surface area contributed by atoms with Crippen LogP contribution in [-0.4, -0.2) is 40.8 Å². The standard InChI is InChI=1S/C28H31FN2O/c1-20-18-31(21(2)17-30(20)19-23-8-7-11-27(29)16-23)28(25-9-5-4-6-10-25)26-14-12-24(13-15-26)22(3)32/h4-16,20-21,28H,17-19H2,1-3H3/t20-,21+,28?/m1/s1. The highest BCUT2D eigenvalue weighted by atomic mass is 19.1. The molecule has 1 unspecified atom stereocenters. The third-order valence-electron chi connectivity index (χ3n) is 6.52. The molecule has 1 fully saturated rings. The lowest BCUT2D eigenvalue weighted by Crippen LogP contribution is -2.56. The molecule has 3 atom stereocenters. The fraction of sp³-hybridized carbons (Fsp3) is 0.321. The Labute approximate surface area is 190 Å². The summed E-state index contributed by atoms with van der Waals surface area (Å²) in [5.74, 6) is -0.0965. The van der Waals surface area contributed by atoms with E-state index in [4.69, 9.17) is 0 Å². The fourth-order valence-corrected chi connectivity index (χ4v) is 4.79. The molecule has 1 heterocycles. The number of Topliss-reactive ketones (excluding diaryl/α,β-unsaturated/α-hetero) is 1. The normalized spacial score (nSPS) is 20.8. The van der Waals surface area contributed by atoms with Crippen molar-refractivity contribution in [2.45, 2.75) is 45.4 Å². The van der Waals surface area contributed by atoms with Crippen molar-refractivity contribution in [3.05, 3.63) is 107 Å². The molecule has 3 aromatic rings. The van der Waals surface area contributed by atoms with Crippen molar-refractivity contribution < 1.29 is 9.18 Å². The molecule has 0 aromatic heterocycles. The zero-order chi connectivity index (χ0) is 22.7. The quantitative estimate of drug-likeness (QED) is 0.468. The Morgan fingerprint density at radius 1 is 0.906 bits per heavy atom. The third-order valence-corrected chi connectivity index (χ3v) is 6.52. The predicted molar refractivity (Wildman–Crippen MR) is 127 cm³/mol. The molecular weight excluding hydrogens is 399 g/mol. The van der Waals surface area contributed by atoms with E-state index in [1.807, 2.05) is 24.3 Å². The van der Waals surface area contributed by atoms with Crippen LogP contribution in [0.25, 0.3) is 0 Å². The first-order chi connectivity index (χ1) is 15.4. The van der Waals surface area contributed by atoms with E-state index < -0.39 is 0 Å².